The molecule has 3 nitrogen and oxygen atoms in total. The van der Waals surface area contributed by atoms with Crippen LogP contribution in [0.1, 0.15) is 36.4 Å². The molecule has 1 aromatic carbocycles. The lowest BCUT2D eigenvalue weighted by Crippen LogP contribution is -2.63. The summed E-state index contributed by atoms with van der Waals surface area (Å²) in [5, 5.41) is 3.46. The van der Waals surface area contributed by atoms with Crippen molar-refractivity contribution < 1.29 is 0 Å². The highest BCUT2D eigenvalue weighted by Gasteiger charge is 2.37. The van der Waals surface area contributed by atoms with Gasteiger partial charge in [-0.25, -0.2) is 0 Å². The van der Waals surface area contributed by atoms with E-state index in [-0.39, 0.29) is 0 Å². The zero-order valence-electron chi connectivity index (χ0n) is 12.9. The minimum Gasteiger partial charge on any atom is -0.314 e. The Balaban J connectivity index is 1.43. The Morgan fingerprint density at radius 3 is 2.62 bits per heavy atom. The Bertz CT molecular complexity index is 475. The van der Waals surface area contributed by atoms with Crippen molar-refractivity contribution >= 4 is 0 Å². The molecule has 0 amide bonds. The van der Waals surface area contributed by atoms with Gasteiger partial charge in [0.05, 0.1) is 0 Å². The van der Waals surface area contributed by atoms with Crippen molar-refractivity contribution in [3.05, 3.63) is 35.4 Å². The van der Waals surface area contributed by atoms with Crippen LogP contribution in [0.25, 0.3) is 0 Å². The number of nitrogens with zero attached hydrogens (tertiary/aromatic N) is 2. The summed E-state index contributed by atoms with van der Waals surface area (Å²) in [6, 6.07) is 10.7. The lowest BCUT2D eigenvalue weighted by molar-refractivity contribution is -0.00367. The van der Waals surface area contributed by atoms with Crippen LogP contribution in [-0.4, -0.2) is 55.1 Å². The summed E-state index contributed by atoms with van der Waals surface area (Å²) in [7, 11) is 0. The topological polar surface area (TPSA) is 18.5 Å². The van der Waals surface area contributed by atoms with E-state index in [9.17, 15) is 0 Å². The number of benzene rings is 1. The molecule has 0 saturated carbocycles. The normalized spacial score (nSPS) is 28.7. The molecule has 0 aromatic heterocycles. The minimum atomic E-state index is 0.683. The van der Waals surface area contributed by atoms with Gasteiger partial charge in [-0.1, -0.05) is 30.7 Å². The molecule has 0 bridgehead atoms. The standard InChI is InChI=1S/C18H27N3/c1-3-7-17-15(5-1)6-2-4-8-18(17)21-13-16(14-21)20-11-9-19-10-12-20/h1,3,5,7,16,18-19H,2,4,6,8-14H2. The lowest BCUT2D eigenvalue weighted by Gasteiger charge is -2.50. The zero-order valence-corrected chi connectivity index (χ0v) is 12.9. The van der Waals surface area contributed by atoms with Crippen LogP contribution >= 0.6 is 0 Å². The van der Waals surface area contributed by atoms with Crippen molar-refractivity contribution in [2.75, 3.05) is 39.3 Å². The Kier molecular flexibility index (Phi) is 3.97. The van der Waals surface area contributed by atoms with Crippen molar-refractivity contribution in [2.24, 2.45) is 0 Å². The molecule has 114 valence electrons. The lowest BCUT2D eigenvalue weighted by atomic mass is 9.93. The number of fused-ring (bicyclic) bond motifs is 1. The molecular weight excluding hydrogens is 258 g/mol. The molecule has 2 fully saturated rings. The maximum Gasteiger partial charge on any atom is 0.0352 e. The zero-order chi connectivity index (χ0) is 14.1. The third-order valence-corrected chi connectivity index (χ3v) is 5.59. The van der Waals surface area contributed by atoms with E-state index in [0.29, 0.717) is 6.04 Å². The van der Waals surface area contributed by atoms with Gasteiger partial charge < -0.3 is 5.32 Å². The Hall–Kier alpha value is -0.900. The number of rotatable bonds is 2. The molecule has 0 radical (unpaired) electrons. The van der Waals surface area contributed by atoms with Gasteiger partial charge in [-0.2, -0.15) is 0 Å². The Morgan fingerprint density at radius 1 is 0.952 bits per heavy atom. The fraction of sp³-hybridized carbons (Fsp3) is 0.667. The van der Waals surface area contributed by atoms with E-state index in [1.807, 2.05) is 0 Å². The highest BCUT2D eigenvalue weighted by molar-refractivity contribution is 5.31. The molecule has 1 N–H and O–H groups in total. The molecule has 2 saturated heterocycles. The molecule has 3 heteroatoms. The van der Waals surface area contributed by atoms with Gasteiger partial charge >= 0.3 is 0 Å². The van der Waals surface area contributed by atoms with Gasteiger partial charge in [0.2, 0.25) is 0 Å². The first-order valence-electron chi connectivity index (χ1n) is 8.68. The number of nitrogens with one attached hydrogen (secondary N) is 1. The molecule has 1 aromatic rings. The van der Waals surface area contributed by atoms with Crippen LogP contribution in [0, 0.1) is 0 Å². The molecule has 3 aliphatic rings. The van der Waals surface area contributed by atoms with Crippen LogP contribution in [-0.2, 0) is 6.42 Å². The predicted octanol–water partition coefficient (Wildman–Crippen LogP) is 2.04. The number of piperazine rings is 1. The smallest absolute Gasteiger partial charge is 0.0352 e. The highest BCUT2D eigenvalue weighted by atomic mass is 15.3. The van der Waals surface area contributed by atoms with E-state index in [1.54, 1.807) is 11.1 Å². The Labute approximate surface area is 128 Å². The van der Waals surface area contributed by atoms with Crippen LogP contribution in [0.2, 0.25) is 0 Å². The molecule has 4 rings (SSSR count). The van der Waals surface area contributed by atoms with E-state index in [4.69, 9.17) is 0 Å². The molecule has 1 atom stereocenters. The first kappa shape index (κ1) is 13.7. The summed E-state index contributed by atoms with van der Waals surface area (Å²) in [6.07, 6.45) is 5.38. The summed E-state index contributed by atoms with van der Waals surface area (Å²) in [6.45, 7) is 7.36. The van der Waals surface area contributed by atoms with Crippen LogP contribution in [0.3, 0.4) is 0 Å². The van der Waals surface area contributed by atoms with Gasteiger partial charge in [-0.15, -0.1) is 0 Å². The monoisotopic (exact) mass is 285 g/mol. The third-order valence-electron chi connectivity index (χ3n) is 5.59. The van der Waals surface area contributed by atoms with Crippen molar-refractivity contribution in [2.45, 2.75) is 37.8 Å². The average Bonchev–Trinajstić information content (AvgIpc) is 2.70. The van der Waals surface area contributed by atoms with E-state index in [1.165, 1.54) is 65.0 Å². The SMILES string of the molecule is c1ccc2c(c1)CCCCC2N1CC(N2CCNCC2)C1. The van der Waals surface area contributed by atoms with Crippen molar-refractivity contribution in [1.82, 2.24) is 15.1 Å². The molecule has 0 spiro atoms. The number of aryl methyl sites for hydroxylation is 1. The maximum absolute atomic E-state index is 3.46. The summed E-state index contributed by atoms with van der Waals surface area (Å²) < 4.78 is 0. The first-order chi connectivity index (χ1) is 10.4. The van der Waals surface area contributed by atoms with E-state index in [2.05, 4.69) is 39.4 Å². The van der Waals surface area contributed by atoms with Crippen LogP contribution in [0.5, 0.6) is 0 Å². The van der Waals surface area contributed by atoms with Gasteiger partial charge in [0, 0.05) is 51.4 Å². The van der Waals surface area contributed by atoms with Crippen LogP contribution in [0.15, 0.2) is 24.3 Å². The average molecular weight is 285 g/mol. The third kappa shape index (κ3) is 2.75. The van der Waals surface area contributed by atoms with Crippen molar-refractivity contribution in [3.63, 3.8) is 0 Å². The van der Waals surface area contributed by atoms with Gasteiger partial charge in [0.15, 0.2) is 0 Å². The fourth-order valence-corrected chi connectivity index (χ4v) is 4.30. The number of hydrogen-bond donors (Lipinski definition) is 1. The highest BCUT2D eigenvalue weighted by Crippen LogP contribution is 2.36. The quantitative estimate of drug-likeness (QED) is 0.839. The molecule has 21 heavy (non-hydrogen) atoms. The summed E-state index contributed by atoms with van der Waals surface area (Å²) in [5.74, 6) is 0. The second-order valence-corrected chi connectivity index (χ2v) is 6.85. The minimum absolute atomic E-state index is 0.683. The van der Waals surface area contributed by atoms with E-state index >= 15 is 0 Å². The van der Waals surface area contributed by atoms with Gasteiger partial charge in [0.1, 0.15) is 0 Å². The van der Waals surface area contributed by atoms with Crippen LogP contribution in [0.4, 0.5) is 0 Å². The molecule has 1 unspecified atom stereocenters. The van der Waals surface area contributed by atoms with E-state index < -0.39 is 0 Å². The Morgan fingerprint density at radius 2 is 1.76 bits per heavy atom. The van der Waals surface area contributed by atoms with Gasteiger partial charge in [-0.05, 0) is 30.4 Å². The van der Waals surface area contributed by atoms with Crippen LogP contribution < -0.4 is 5.32 Å². The first-order valence-corrected chi connectivity index (χ1v) is 8.68. The largest absolute Gasteiger partial charge is 0.314 e. The number of likely N-dealkylation sites (tertiary alicyclic amines) is 1. The molecule has 2 aliphatic heterocycles. The number of hydrogen-bond acceptors (Lipinski definition) is 3. The van der Waals surface area contributed by atoms with Gasteiger partial charge in [0.25, 0.3) is 0 Å². The predicted molar refractivity (Wildman–Crippen MR) is 86.5 cm³/mol. The summed E-state index contributed by atoms with van der Waals surface area (Å²) in [5.41, 5.74) is 3.22. The summed E-state index contributed by atoms with van der Waals surface area (Å²) in [4.78, 5) is 5.42. The maximum atomic E-state index is 3.46. The molecule has 2 heterocycles. The van der Waals surface area contributed by atoms with Gasteiger partial charge in [-0.3, -0.25) is 9.80 Å². The molecular formula is C18H27N3. The second kappa shape index (κ2) is 6.07. The fourth-order valence-electron chi connectivity index (χ4n) is 4.30. The van der Waals surface area contributed by atoms with Crippen molar-refractivity contribution in [3.8, 4) is 0 Å². The second-order valence-electron chi connectivity index (χ2n) is 6.85. The summed E-state index contributed by atoms with van der Waals surface area (Å²) >= 11 is 0. The van der Waals surface area contributed by atoms with E-state index in [0.717, 1.165) is 6.04 Å². The molecule has 1 aliphatic carbocycles. The van der Waals surface area contributed by atoms with Crippen molar-refractivity contribution in [1.29, 1.82) is 0 Å².